The van der Waals surface area contributed by atoms with Crippen LogP contribution in [0.25, 0.3) is 0 Å². The summed E-state index contributed by atoms with van der Waals surface area (Å²) in [6.07, 6.45) is 0. The summed E-state index contributed by atoms with van der Waals surface area (Å²) < 4.78 is 4.54. The number of rotatable bonds is 7. The second-order valence-electron chi connectivity index (χ2n) is 3.67. The first-order chi connectivity index (χ1) is 9.47. The SMILES string of the molecule is NC(=O)COC(=O)CSCC(=O)Nc1ccc(Cl)cc1. The third-order valence-corrected chi connectivity index (χ3v) is 3.11. The highest BCUT2D eigenvalue weighted by molar-refractivity contribution is 8.00. The van der Waals surface area contributed by atoms with Gasteiger partial charge in [-0.15, -0.1) is 11.8 Å². The second kappa shape index (κ2) is 8.44. The lowest BCUT2D eigenvalue weighted by Gasteiger charge is -2.05. The van der Waals surface area contributed by atoms with E-state index in [4.69, 9.17) is 17.3 Å². The summed E-state index contributed by atoms with van der Waals surface area (Å²) in [4.78, 5) is 33.1. The van der Waals surface area contributed by atoms with Crippen LogP contribution < -0.4 is 11.1 Å². The van der Waals surface area contributed by atoms with E-state index in [1.54, 1.807) is 24.3 Å². The molecule has 20 heavy (non-hydrogen) atoms. The van der Waals surface area contributed by atoms with E-state index in [1.807, 2.05) is 0 Å². The molecule has 6 nitrogen and oxygen atoms in total. The molecule has 0 saturated heterocycles. The number of esters is 1. The number of carbonyl (C=O) groups is 3. The lowest BCUT2D eigenvalue weighted by atomic mass is 10.3. The number of carbonyl (C=O) groups excluding carboxylic acids is 3. The molecule has 0 unspecified atom stereocenters. The molecule has 0 saturated carbocycles. The van der Waals surface area contributed by atoms with E-state index in [2.05, 4.69) is 10.1 Å². The molecule has 108 valence electrons. The van der Waals surface area contributed by atoms with E-state index in [0.717, 1.165) is 11.8 Å². The van der Waals surface area contributed by atoms with Crippen LogP contribution in [0.3, 0.4) is 0 Å². The quantitative estimate of drug-likeness (QED) is 0.732. The Kier molecular flexibility index (Phi) is 6.89. The van der Waals surface area contributed by atoms with Gasteiger partial charge in [0.15, 0.2) is 6.61 Å². The lowest BCUT2D eigenvalue weighted by Crippen LogP contribution is -2.22. The molecule has 0 aromatic heterocycles. The molecule has 0 fully saturated rings. The van der Waals surface area contributed by atoms with Crippen molar-refractivity contribution in [2.45, 2.75) is 0 Å². The predicted octanol–water partition coefficient (Wildman–Crippen LogP) is 1.04. The molecule has 0 aliphatic rings. The fourth-order valence-corrected chi connectivity index (χ4v) is 1.89. The van der Waals surface area contributed by atoms with Crippen molar-refractivity contribution in [3.8, 4) is 0 Å². The van der Waals surface area contributed by atoms with Crippen molar-refractivity contribution in [2.24, 2.45) is 5.73 Å². The topological polar surface area (TPSA) is 98.5 Å². The second-order valence-corrected chi connectivity index (χ2v) is 5.10. The van der Waals surface area contributed by atoms with Gasteiger partial charge in [-0.1, -0.05) is 11.6 Å². The Balaban J connectivity index is 2.21. The summed E-state index contributed by atoms with van der Waals surface area (Å²) >= 11 is 6.80. The highest BCUT2D eigenvalue weighted by Gasteiger charge is 2.08. The molecule has 8 heteroatoms. The summed E-state index contributed by atoms with van der Waals surface area (Å²) in [5, 5.41) is 3.23. The molecule has 0 aliphatic heterocycles. The number of thioether (sulfide) groups is 1. The Labute approximate surface area is 125 Å². The van der Waals surface area contributed by atoms with Crippen LogP contribution in [0, 0.1) is 0 Å². The van der Waals surface area contributed by atoms with E-state index < -0.39 is 18.5 Å². The van der Waals surface area contributed by atoms with Crippen molar-refractivity contribution in [3.63, 3.8) is 0 Å². The number of amides is 2. The normalized spacial score (nSPS) is 9.85. The zero-order chi connectivity index (χ0) is 15.0. The number of hydrogen-bond acceptors (Lipinski definition) is 5. The predicted molar refractivity (Wildman–Crippen MR) is 77.6 cm³/mol. The van der Waals surface area contributed by atoms with Gasteiger partial charge in [0.25, 0.3) is 5.91 Å². The van der Waals surface area contributed by atoms with Gasteiger partial charge >= 0.3 is 5.97 Å². The lowest BCUT2D eigenvalue weighted by molar-refractivity contribution is -0.145. The first kappa shape index (κ1) is 16.3. The molecular weight excluding hydrogens is 304 g/mol. The molecule has 1 rings (SSSR count). The van der Waals surface area contributed by atoms with Crippen molar-refractivity contribution in [3.05, 3.63) is 29.3 Å². The van der Waals surface area contributed by atoms with Crippen molar-refractivity contribution in [2.75, 3.05) is 23.4 Å². The Hall–Kier alpha value is -1.73. The largest absolute Gasteiger partial charge is 0.455 e. The van der Waals surface area contributed by atoms with Gasteiger partial charge in [0, 0.05) is 10.7 Å². The van der Waals surface area contributed by atoms with Crippen molar-refractivity contribution in [1.29, 1.82) is 0 Å². The molecule has 1 aromatic carbocycles. The number of nitrogens with two attached hydrogens (primary N) is 1. The number of anilines is 1. The van der Waals surface area contributed by atoms with Crippen LogP contribution in [0.4, 0.5) is 5.69 Å². The number of nitrogens with one attached hydrogen (secondary N) is 1. The van der Waals surface area contributed by atoms with Gasteiger partial charge in [-0.3, -0.25) is 14.4 Å². The summed E-state index contributed by atoms with van der Waals surface area (Å²) in [6.45, 7) is -0.448. The number of ether oxygens (including phenoxy) is 1. The average molecular weight is 317 g/mol. The maximum Gasteiger partial charge on any atom is 0.316 e. The maximum absolute atomic E-state index is 11.6. The van der Waals surface area contributed by atoms with E-state index >= 15 is 0 Å². The highest BCUT2D eigenvalue weighted by atomic mass is 35.5. The number of primary amides is 1. The fourth-order valence-electron chi connectivity index (χ4n) is 1.15. The van der Waals surface area contributed by atoms with E-state index in [9.17, 15) is 14.4 Å². The highest BCUT2D eigenvalue weighted by Crippen LogP contribution is 2.13. The van der Waals surface area contributed by atoms with E-state index in [1.165, 1.54) is 0 Å². The summed E-state index contributed by atoms with van der Waals surface area (Å²) in [5.74, 6) is -1.49. The number of halogens is 1. The molecule has 3 N–H and O–H groups in total. The Morgan fingerprint density at radius 2 is 1.85 bits per heavy atom. The van der Waals surface area contributed by atoms with Gasteiger partial charge in [-0.05, 0) is 24.3 Å². The van der Waals surface area contributed by atoms with Crippen molar-refractivity contribution >= 4 is 46.8 Å². The minimum atomic E-state index is -0.719. The van der Waals surface area contributed by atoms with Gasteiger partial charge in [0.2, 0.25) is 5.91 Å². The molecule has 0 bridgehead atoms. The standard InChI is InChI=1S/C12H13ClN2O4S/c13-8-1-3-9(4-2-8)15-11(17)6-20-7-12(18)19-5-10(14)16/h1-4H,5-7H2,(H2,14,16)(H,15,17). The zero-order valence-corrected chi connectivity index (χ0v) is 12.0. The minimum Gasteiger partial charge on any atom is -0.455 e. The fraction of sp³-hybridized carbons (Fsp3) is 0.250. The van der Waals surface area contributed by atoms with Gasteiger partial charge in [0.05, 0.1) is 11.5 Å². The van der Waals surface area contributed by atoms with Gasteiger partial charge in [0.1, 0.15) is 0 Å². The summed E-state index contributed by atoms with van der Waals surface area (Å²) in [7, 11) is 0. The monoisotopic (exact) mass is 316 g/mol. The molecule has 0 atom stereocenters. The van der Waals surface area contributed by atoms with Crippen LogP contribution in [0.2, 0.25) is 5.02 Å². The van der Waals surface area contributed by atoms with Gasteiger partial charge in [-0.2, -0.15) is 0 Å². The smallest absolute Gasteiger partial charge is 0.316 e. The molecule has 2 amide bonds. The van der Waals surface area contributed by atoms with Gasteiger partial charge in [-0.25, -0.2) is 0 Å². The van der Waals surface area contributed by atoms with Crippen LogP contribution >= 0.6 is 23.4 Å². The van der Waals surface area contributed by atoms with Gasteiger partial charge < -0.3 is 15.8 Å². The third-order valence-electron chi connectivity index (χ3n) is 1.96. The number of benzene rings is 1. The van der Waals surface area contributed by atoms with Crippen LogP contribution in [0.1, 0.15) is 0 Å². The Morgan fingerprint density at radius 1 is 1.20 bits per heavy atom. The minimum absolute atomic E-state index is 0.0265. The van der Waals surface area contributed by atoms with E-state index in [0.29, 0.717) is 10.7 Å². The summed E-state index contributed by atoms with van der Waals surface area (Å²) in [6, 6.07) is 6.66. The van der Waals surface area contributed by atoms with Crippen LogP contribution in [-0.2, 0) is 19.1 Å². The molecule has 0 aliphatic carbocycles. The zero-order valence-electron chi connectivity index (χ0n) is 10.4. The average Bonchev–Trinajstić information content (AvgIpc) is 2.39. The third kappa shape index (κ3) is 7.01. The van der Waals surface area contributed by atoms with Crippen LogP contribution in [0.5, 0.6) is 0 Å². The Morgan fingerprint density at radius 3 is 2.45 bits per heavy atom. The Bertz CT molecular complexity index is 493. The molecule has 0 radical (unpaired) electrons. The molecule has 1 aromatic rings. The first-order valence-electron chi connectivity index (χ1n) is 5.54. The molecule has 0 heterocycles. The number of hydrogen-bond donors (Lipinski definition) is 2. The van der Waals surface area contributed by atoms with Crippen molar-refractivity contribution in [1.82, 2.24) is 0 Å². The van der Waals surface area contributed by atoms with E-state index in [-0.39, 0.29) is 17.4 Å². The first-order valence-corrected chi connectivity index (χ1v) is 7.07. The van der Waals surface area contributed by atoms with Crippen LogP contribution in [-0.4, -0.2) is 35.9 Å². The molecule has 0 spiro atoms. The maximum atomic E-state index is 11.6. The van der Waals surface area contributed by atoms with Crippen molar-refractivity contribution < 1.29 is 19.1 Å². The molecular formula is C12H13ClN2O4S. The van der Waals surface area contributed by atoms with Crippen LogP contribution in [0.15, 0.2) is 24.3 Å². The summed E-state index contributed by atoms with van der Waals surface area (Å²) in [5.41, 5.74) is 5.44.